The van der Waals surface area contributed by atoms with E-state index >= 15 is 0 Å². The van der Waals surface area contributed by atoms with Gasteiger partial charge in [-0.05, 0) is 18.9 Å². The first-order valence-corrected chi connectivity index (χ1v) is 6.85. The summed E-state index contributed by atoms with van der Waals surface area (Å²) in [7, 11) is 0. The Morgan fingerprint density at radius 2 is 1.44 bits per heavy atom. The molecule has 0 saturated heterocycles. The molecule has 0 spiro atoms. The molecule has 0 heterocycles. The number of hydrogen-bond acceptors (Lipinski definition) is 2. The summed E-state index contributed by atoms with van der Waals surface area (Å²) in [6.07, 6.45) is 10.8. The van der Waals surface area contributed by atoms with Crippen LogP contribution in [0.3, 0.4) is 0 Å². The lowest BCUT2D eigenvalue weighted by molar-refractivity contribution is -0.118. The summed E-state index contributed by atoms with van der Waals surface area (Å²) < 4.78 is 0. The first-order valence-electron chi connectivity index (χ1n) is 6.85. The Morgan fingerprint density at radius 1 is 0.944 bits per heavy atom. The van der Waals surface area contributed by atoms with Crippen molar-refractivity contribution in [1.29, 1.82) is 0 Å². The van der Waals surface area contributed by atoms with E-state index in [4.69, 9.17) is 5.73 Å². The molecular weight excluding hydrogens is 228 g/mol. The molecule has 4 heteroatoms. The number of hydrogen-bond donors (Lipinski definition) is 2. The van der Waals surface area contributed by atoms with Gasteiger partial charge in [-0.1, -0.05) is 45.1 Å². The lowest BCUT2D eigenvalue weighted by Gasteiger charge is -2.03. The monoisotopic (exact) mass is 254 g/mol. The molecule has 0 aliphatic rings. The number of carbonyl (C=O) groups is 2. The van der Waals surface area contributed by atoms with Gasteiger partial charge in [0.2, 0.25) is 11.8 Å². The van der Waals surface area contributed by atoms with Gasteiger partial charge in [0, 0.05) is 13.0 Å². The molecule has 0 aromatic heterocycles. The molecular formula is C14H26N2O2. The Labute approximate surface area is 110 Å². The molecule has 0 unspecified atom stereocenters. The van der Waals surface area contributed by atoms with Crippen LogP contribution in [0.15, 0.2) is 12.7 Å². The van der Waals surface area contributed by atoms with E-state index in [0.717, 1.165) is 32.2 Å². The Balaban J connectivity index is 3.05. The minimum atomic E-state index is -0.198. The SMILES string of the molecule is C=CC(=O)NCCCCCCCCCCC(N)=O. The largest absolute Gasteiger partial charge is 0.370 e. The summed E-state index contributed by atoms with van der Waals surface area (Å²) in [5, 5.41) is 2.76. The minimum absolute atomic E-state index is 0.0931. The maximum Gasteiger partial charge on any atom is 0.243 e. The van der Waals surface area contributed by atoms with Crippen molar-refractivity contribution >= 4 is 11.8 Å². The Morgan fingerprint density at radius 3 is 1.94 bits per heavy atom. The molecule has 0 aromatic carbocycles. The van der Waals surface area contributed by atoms with Gasteiger partial charge in [0.05, 0.1) is 0 Å². The fourth-order valence-electron chi connectivity index (χ4n) is 1.77. The van der Waals surface area contributed by atoms with Crippen LogP contribution in [0.25, 0.3) is 0 Å². The van der Waals surface area contributed by atoms with Gasteiger partial charge >= 0.3 is 0 Å². The van der Waals surface area contributed by atoms with Crippen molar-refractivity contribution in [3.63, 3.8) is 0 Å². The van der Waals surface area contributed by atoms with Crippen LogP contribution in [0.1, 0.15) is 57.8 Å². The normalized spacial score (nSPS) is 10.0. The van der Waals surface area contributed by atoms with Crippen LogP contribution in [0.5, 0.6) is 0 Å². The summed E-state index contributed by atoms with van der Waals surface area (Å²) in [5.74, 6) is -0.291. The highest BCUT2D eigenvalue weighted by Crippen LogP contribution is 2.09. The van der Waals surface area contributed by atoms with Gasteiger partial charge in [-0.3, -0.25) is 9.59 Å². The average molecular weight is 254 g/mol. The summed E-state index contributed by atoms with van der Waals surface area (Å²) in [6, 6.07) is 0. The van der Waals surface area contributed by atoms with Gasteiger partial charge in [-0.15, -0.1) is 0 Å². The van der Waals surface area contributed by atoms with Crippen LogP contribution in [0.2, 0.25) is 0 Å². The molecule has 18 heavy (non-hydrogen) atoms. The van der Waals surface area contributed by atoms with Crippen molar-refractivity contribution in [2.24, 2.45) is 5.73 Å². The van der Waals surface area contributed by atoms with E-state index < -0.39 is 0 Å². The number of carbonyl (C=O) groups excluding carboxylic acids is 2. The minimum Gasteiger partial charge on any atom is -0.370 e. The predicted octanol–water partition coefficient (Wildman–Crippen LogP) is 2.28. The van der Waals surface area contributed by atoms with E-state index in [9.17, 15) is 9.59 Å². The van der Waals surface area contributed by atoms with Crippen LogP contribution in [-0.4, -0.2) is 18.4 Å². The molecule has 0 aliphatic heterocycles. The molecule has 0 aliphatic carbocycles. The Kier molecular flexibility index (Phi) is 11.3. The van der Waals surface area contributed by atoms with E-state index in [2.05, 4.69) is 11.9 Å². The van der Waals surface area contributed by atoms with Gasteiger partial charge in [0.15, 0.2) is 0 Å². The molecule has 0 atom stereocenters. The molecule has 3 N–H and O–H groups in total. The molecule has 2 amide bonds. The second-order valence-corrected chi connectivity index (χ2v) is 4.54. The van der Waals surface area contributed by atoms with Crippen LogP contribution >= 0.6 is 0 Å². The number of rotatable bonds is 12. The summed E-state index contributed by atoms with van der Waals surface area (Å²) in [5.41, 5.74) is 5.06. The molecule has 104 valence electrons. The molecule has 0 saturated carbocycles. The zero-order valence-corrected chi connectivity index (χ0v) is 11.2. The molecule has 4 nitrogen and oxygen atoms in total. The standard InChI is InChI=1S/C14H26N2O2/c1-2-14(18)16-12-10-8-6-4-3-5-7-9-11-13(15)17/h2H,1,3-12H2,(H2,15,17)(H,16,18). The van der Waals surface area contributed by atoms with E-state index in [0.29, 0.717) is 6.42 Å². The lowest BCUT2D eigenvalue weighted by Crippen LogP contribution is -2.21. The van der Waals surface area contributed by atoms with Crippen molar-refractivity contribution in [2.45, 2.75) is 57.8 Å². The van der Waals surface area contributed by atoms with E-state index in [1.54, 1.807) is 0 Å². The van der Waals surface area contributed by atoms with Gasteiger partial charge in [-0.25, -0.2) is 0 Å². The highest BCUT2D eigenvalue weighted by atomic mass is 16.1. The van der Waals surface area contributed by atoms with Crippen LogP contribution in [-0.2, 0) is 9.59 Å². The van der Waals surface area contributed by atoms with Crippen LogP contribution in [0, 0.1) is 0 Å². The van der Waals surface area contributed by atoms with Gasteiger partial charge < -0.3 is 11.1 Å². The van der Waals surface area contributed by atoms with Crippen molar-refractivity contribution in [3.8, 4) is 0 Å². The second-order valence-electron chi connectivity index (χ2n) is 4.54. The summed E-state index contributed by atoms with van der Waals surface area (Å²) in [6.45, 7) is 4.13. The smallest absolute Gasteiger partial charge is 0.243 e. The zero-order valence-electron chi connectivity index (χ0n) is 11.2. The van der Waals surface area contributed by atoms with Crippen molar-refractivity contribution in [1.82, 2.24) is 5.32 Å². The number of primary amides is 1. The van der Waals surface area contributed by atoms with Crippen molar-refractivity contribution in [3.05, 3.63) is 12.7 Å². The third-order valence-corrected chi connectivity index (χ3v) is 2.83. The van der Waals surface area contributed by atoms with E-state index in [1.807, 2.05) is 0 Å². The molecule has 0 bridgehead atoms. The molecule has 0 aromatic rings. The van der Waals surface area contributed by atoms with Crippen LogP contribution in [0.4, 0.5) is 0 Å². The highest BCUT2D eigenvalue weighted by molar-refractivity contribution is 5.86. The number of nitrogens with one attached hydrogen (secondary N) is 1. The molecule has 0 fully saturated rings. The van der Waals surface area contributed by atoms with Gasteiger partial charge in [-0.2, -0.15) is 0 Å². The first-order chi connectivity index (χ1) is 8.66. The van der Waals surface area contributed by atoms with Crippen LogP contribution < -0.4 is 11.1 Å². The highest BCUT2D eigenvalue weighted by Gasteiger charge is 1.96. The third-order valence-electron chi connectivity index (χ3n) is 2.83. The quantitative estimate of drug-likeness (QED) is 0.414. The maximum absolute atomic E-state index is 10.8. The zero-order chi connectivity index (χ0) is 13.6. The number of amides is 2. The van der Waals surface area contributed by atoms with Crippen molar-refractivity contribution in [2.75, 3.05) is 6.54 Å². The third kappa shape index (κ3) is 12.7. The average Bonchev–Trinajstić information content (AvgIpc) is 2.35. The topological polar surface area (TPSA) is 72.2 Å². The maximum atomic E-state index is 10.8. The second kappa shape index (κ2) is 12.1. The van der Waals surface area contributed by atoms with Crippen molar-refractivity contribution < 1.29 is 9.59 Å². The molecule has 0 rings (SSSR count). The number of unbranched alkanes of at least 4 members (excludes halogenated alkanes) is 7. The van der Waals surface area contributed by atoms with E-state index in [-0.39, 0.29) is 11.8 Å². The lowest BCUT2D eigenvalue weighted by atomic mass is 10.1. The predicted molar refractivity (Wildman–Crippen MR) is 74.0 cm³/mol. The molecule has 0 radical (unpaired) electrons. The fraction of sp³-hybridized carbons (Fsp3) is 0.714. The van der Waals surface area contributed by atoms with Gasteiger partial charge in [0.1, 0.15) is 0 Å². The fourth-order valence-corrected chi connectivity index (χ4v) is 1.77. The summed E-state index contributed by atoms with van der Waals surface area (Å²) >= 11 is 0. The Bertz CT molecular complexity index is 252. The number of nitrogens with two attached hydrogens (primary N) is 1. The van der Waals surface area contributed by atoms with E-state index in [1.165, 1.54) is 31.8 Å². The summed E-state index contributed by atoms with van der Waals surface area (Å²) in [4.78, 5) is 21.3. The van der Waals surface area contributed by atoms with Gasteiger partial charge in [0.25, 0.3) is 0 Å². The first kappa shape index (κ1) is 16.7. The Hall–Kier alpha value is -1.32.